The average molecular weight is 308 g/mol. The Balaban J connectivity index is 2.11. The van der Waals surface area contributed by atoms with Gasteiger partial charge in [0.15, 0.2) is 0 Å². The highest BCUT2D eigenvalue weighted by atomic mass is 32.1. The first-order valence-electron chi connectivity index (χ1n) is 8.13. The Hall–Kier alpha value is -1.73. The molecular weight excluding hydrogens is 284 g/mol. The number of thiocarbonyl (C=S) groups is 1. The van der Waals surface area contributed by atoms with E-state index in [2.05, 4.69) is 74.5 Å². The van der Waals surface area contributed by atoms with Crippen LogP contribution < -0.4 is 0 Å². The van der Waals surface area contributed by atoms with Crippen LogP contribution in [0, 0.1) is 0 Å². The average Bonchev–Trinajstić information content (AvgIpc) is 2.58. The first kappa shape index (κ1) is 16.6. The molecule has 0 N–H and O–H groups in total. The van der Waals surface area contributed by atoms with Crippen LogP contribution in [0.1, 0.15) is 48.9 Å². The molecule has 1 heteroatoms. The largest absolute Gasteiger partial charge is 0.0795 e. The zero-order chi connectivity index (χ0) is 15.8. The molecule has 0 aliphatic rings. The van der Waals surface area contributed by atoms with E-state index in [1.807, 2.05) is 0 Å². The van der Waals surface area contributed by atoms with E-state index >= 15 is 0 Å². The summed E-state index contributed by atoms with van der Waals surface area (Å²) < 4.78 is 0. The molecule has 0 fully saturated rings. The molecule has 0 amide bonds. The van der Waals surface area contributed by atoms with Gasteiger partial charge in [-0.25, -0.2) is 0 Å². The van der Waals surface area contributed by atoms with Crippen molar-refractivity contribution < 1.29 is 0 Å². The van der Waals surface area contributed by atoms with Gasteiger partial charge in [0.25, 0.3) is 0 Å². The zero-order valence-corrected chi connectivity index (χ0v) is 14.3. The molecule has 0 bridgehead atoms. The summed E-state index contributed by atoms with van der Waals surface area (Å²) in [7, 11) is 0. The Kier molecular flexibility index (Phi) is 6.54. The van der Waals surface area contributed by atoms with Gasteiger partial charge in [-0.2, -0.15) is 0 Å². The molecular formula is C21H24S. The fourth-order valence-electron chi connectivity index (χ4n) is 2.46. The third kappa shape index (κ3) is 4.64. The van der Waals surface area contributed by atoms with Gasteiger partial charge in [0.1, 0.15) is 0 Å². The Morgan fingerprint density at radius 1 is 1.00 bits per heavy atom. The van der Waals surface area contributed by atoms with Crippen molar-refractivity contribution in [1.29, 1.82) is 0 Å². The Morgan fingerprint density at radius 3 is 2.41 bits per heavy atom. The van der Waals surface area contributed by atoms with Crippen molar-refractivity contribution in [3.05, 3.63) is 76.9 Å². The van der Waals surface area contributed by atoms with E-state index in [1.165, 1.54) is 29.5 Å². The van der Waals surface area contributed by atoms with E-state index < -0.39 is 0 Å². The fraction of sp³-hybridized carbons (Fsp3) is 0.286. The predicted molar refractivity (Wildman–Crippen MR) is 102 cm³/mol. The molecule has 0 aromatic heterocycles. The van der Waals surface area contributed by atoms with E-state index in [4.69, 9.17) is 12.2 Å². The molecule has 2 aromatic carbocycles. The normalized spacial score (nSPS) is 11.0. The molecule has 2 aromatic rings. The van der Waals surface area contributed by atoms with E-state index in [9.17, 15) is 0 Å². The van der Waals surface area contributed by atoms with Gasteiger partial charge in [0.2, 0.25) is 0 Å². The third-order valence-electron chi connectivity index (χ3n) is 3.92. The molecule has 0 unspecified atom stereocenters. The molecule has 22 heavy (non-hydrogen) atoms. The third-order valence-corrected chi connectivity index (χ3v) is 4.29. The fourth-order valence-corrected chi connectivity index (χ4v) is 2.66. The van der Waals surface area contributed by atoms with Crippen molar-refractivity contribution in [1.82, 2.24) is 0 Å². The van der Waals surface area contributed by atoms with Gasteiger partial charge in [-0.1, -0.05) is 87.1 Å². The number of hydrogen-bond acceptors (Lipinski definition) is 1. The molecule has 2 rings (SSSR count). The summed E-state index contributed by atoms with van der Waals surface area (Å²) in [4.78, 5) is 0.896. The number of allylic oxidation sites excluding steroid dienone is 1. The maximum Gasteiger partial charge on any atom is 0.0449 e. The summed E-state index contributed by atoms with van der Waals surface area (Å²) in [5, 5.41) is 0. The van der Waals surface area contributed by atoms with Gasteiger partial charge in [-0.15, -0.1) is 0 Å². The summed E-state index contributed by atoms with van der Waals surface area (Å²) in [6.07, 6.45) is 8.86. The summed E-state index contributed by atoms with van der Waals surface area (Å²) in [6.45, 7) is 4.40. The van der Waals surface area contributed by atoms with E-state index in [-0.39, 0.29) is 0 Å². The first-order valence-corrected chi connectivity index (χ1v) is 8.54. The van der Waals surface area contributed by atoms with Crippen LogP contribution in [0.25, 0.3) is 6.08 Å². The van der Waals surface area contributed by atoms with Gasteiger partial charge >= 0.3 is 0 Å². The number of unbranched alkanes of at least 4 members (excludes halogenated alkanes) is 1. The van der Waals surface area contributed by atoms with Gasteiger partial charge in [-0.05, 0) is 47.6 Å². The van der Waals surface area contributed by atoms with Gasteiger partial charge in [0, 0.05) is 4.86 Å². The van der Waals surface area contributed by atoms with Crippen LogP contribution in [-0.2, 0) is 12.8 Å². The monoisotopic (exact) mass is 308 g/mol. The second-order valence-corrected chi connectivity index (χ2v) is 5.99. The van der Waals surface area contributed by atoms with Gasteiger partial charge in [-0.3, -0.25) is 0 Å². The lowest BCUT2D eigenvalue weighted by atomic mass is 10.0. The molecule has 0 saturated carbocycles. The quantitative estimate of drug-likeness (QED) is 0.342. The van der Waals surface area contributed by atoms with Crippen molar-refractivity contribution in [2.45, 2.75) is 39.5 Å². The number of rotatable bonds is 7. The van der Waals surface area contributed by atoms with E-state index in [1.54, 1.807) is 0 Å². The lowest BCUT2D eigenvalue weighted by Gasteiger charge is -2.05. The minimum Gasteiger partial charge on any atom is -0.0795 e. The number of aryl methyl sites for hydroxylation is 2. The minimum atomic E-state index is 0.896. The highest BCUT2D eigenvalue weighted by Gasteiger charge is 2.00. The Morgan fingerprint density at radius 2 is 1.73 bits per heavy atom. The highest BCUT2D eigenvalue weighted by Crippen LogP contribution is 2.15. The topological polar surface area (TPSA) is 0 Å². The molecule has 0 atom stereocenters. The van der Waals surface area contributed by atoms with Crippen molar-refractivity contribution in [3.8, 4) is 0 Å². The summed E-state index contributed by atoms with van der Waals surface area (Å²) in [5.74, 6) is 0. The summed E-state index contributed by atoms with van der Waals surface area (Å²) in [6, 6.07) is 17.1. The number of benzene rings is 2. The highest BCUT2D eigenvalue weighted by molar-refractivity contribution is 7.81. The van der Waals surface area contributed by atoms with Crippen molar-refractivity contribution >= 4 is 23.2 Å². The molecule has 0 heterocycles. The van der Waals surface area contributed by atoms with Gasteiger partial charge < -0.3 is 0 Å². The number of hydrogen-bond donors (Lipinski definition) is 0. The SMILES string of the molecule is CCCCc1ccccc1C=CC(=S)c1ccc(CC)cc1. The minimum absolute atomic E-state index is 0.896. The van der Waals surface area contributed by atoms with Crippen molar-refractivity contribution in [2.24, 2.45) is 0 Å². The van der Waals surface area contributed by atoms with Crippen LogP contribution in [0.5, 0.6) is 0 Å². The van der Waals surface area contributed by atoms with Crippen molar-refractivity contribution in [2.75, 3.05) is 0 Å². The molecule has 0 spiro atoms. The molecule has 0 aliphatic heterocycles. The zero-order valence-electron chi connectivity index (χ0n) is 13.5. The van der Waals surface area contributed by atoms with Crippen LogP contribution in [0.15, 0.2) is 54.6 Å². The second kappa shape index (κ2) is 8.65. The Labute approximate surface area is 139 Å². The molecule has 114 valence electrons. The standard InChI is InChI=1S/C21H24S/c1-3-5-8-18-9-6-7-10-19(18)15-16-21(22)20-13-11-17(4-2)12-14-20/h6-7,9-16H,3-5,8H2,1-2H3. The van der Waals surface area contributed by atoms with Crippen LogP contribution in [0.2, 0.25) is 0 Å². The molecule has 0 radical (unpaired) electrons. The molecule has 0 saturated heterocycles. The van der Waals surface area contributed by atoms with Crippen LogP contribution >= 0.6 is 12.2 Å². The lowest BCUT2D eigenvalue weighted by Crippen LogP contribution is -1.94. The van der Waals surface area contributed by atoms with Gasteiger partial charge in [0.05, 0.1) is 0 Å². The predicted octanol–water partition coefficient (Wildman–Crippen LogP) is 6.02. The van der Waals surface area contributed by atoms with Crippen molar-refractivity contribution in [3.63, 3.8) is 0 Å². The summed E-state index contributed by atoms with van der Waals surface area (Å²) >= 11 is 5.54. The maximum absolute atomic E-state index is 5.54. The lowest BCUT2D eigenvalue weighted by molar-refractivity contribution is 0.794. The molecule has 0 nitrogen and oxygen atoms in total. The maximum atomic E-state index is 5.54. The van der Waals surface area contributed by atoms with Crippen LogP contribution in [0.4, 0.5) is 0 Å². The molecule has 0 aliphatic carbocycles. The van der Waals surface area contributed by atoms with E-state index in [0.29, 0.717) is 0 Å². The second-order valence-electron chi connectivity index (χ2n) is 5.55. The first-order chi connectivity index (χ1) is 10.7. The van der Waals surface area contributed by atoms with Crippen LogP contribution in [-0.4, -0.2) is 4.86 Å². The smallest absolute Gasteiger partial charge is 0.0449 e. The Bertz CT molecular complexity index is 635. The van der Waals surface area contributed by atoms with Crippen LogP contribution in [0.3, 0.4) is 0 Å². The van der Waals surface area contributed by atoms with E-state index in [0.717, 1.165) is 23.3 Å². The summed E-state index contributed by atoms with van der Waals surface area (Å²) in [5.41, 5.74) is 5.16.